The molecule has 1 aliphatic rings. The van der Waals surface area contributed by atoms with Gasteiger partial charge in [0, 0.05) is 0 Å². The molecule has 0 radical (unpaired) electrons. The number of hydrogen-bond donors (Lipinski definition) is 1. The van der Waals surface area contributed by atoms with Crippen molar-refractivity contribution in [3.63, 3.8) is 0 Å². The molecule has 172 valence electrons. The Morgan fingerprint density at radius 1 is 0.758 bits per heavy atom. The van der Waals surface area contributed by atoms with E-state index in [9.17, 15) is 8.42 Å². The van der Waals surface area contributed by atoms with Crippen molar-refractivity contribution in [3.05, 3.63) is 108 Å². The molecule has 0 saturated heterocycles. The van der Waals surface area contributed by atoms with Crippen molar-refractivity contribution in [3.8, 4) is 5.75 Å². The van der Waals surface area contributed by atoms with Gasteiger partial charge in [0.1, 0.15) is 18.0 Å². The van der Waals surface area contributed by atoms with Crippen LogP contribution in [0, 0.1) is 0 Å². The molecule has 1 aliphatic carbocycles. The lowest BCUT2D eigenvalue weighted by Crippen LogP contribution is -2.45. The average molecular weight is 466 g/mol. The molecule has 0 fully saturated rings. The maximum atomic E-state index is 13.0. The molecule has 3 atom stereocenters. The predicted octanol–water partition coefficient (Wildman–Crippen LogP) is 4.08. The van der Waals surface area contributed by atoms with Gasteiger partial charge in [-0.05, 0) is 35.4 Å². The zero-order chi connectivity index (χ0) is 23.1. The fourth-order valence-corrected chi connectivity index (χ4v) is 4.84. The second kappa shape index (κ2) is 10.8. The molecular weight excluding hydrogens is 438 g/mol. The SMILES string of the molecule is COc1ccc(S(=O)(=O)N[C@@H]2C=C[C@@H](OCc3ccccc3)[C@H]2OCc2ccccc2)cc1. The van der Waals surface area contributed by atoms with Crippen molar-refractivity contribution in [1.82, 2.24) is 4.72 Å². The van der Waals surface area contributed by atoms with Gasteiger partial charge in [0.25, 0.3) is 0 Å². The number of methoxy groups -OCH3 is 1. The second-order valence-corrected chi connectivity index (χ2v) is 9.44. The molecule has 1 N–H and O–H groups in total. The van der Waals surface area contributed by atoms with Crippen LogP contribution in [0.15, 0.2) is 102 Å². The summed E-state index contributed by atoms with van der Waals surface area (Å²) in [7, 11) is -2.23. The summed E-state index contributed by atoms with van der Waals surface area (Å²) >= 11 is 0. The molecule has 7 heteroatoms. The van der Waals surface area contributed by atoms with E-state index in [1.165, 1.54) is 19.2 Å². The molecule has 0 spiro atoms. The average Bonchev–Trinajstić information content (AvgIpc) is 3.23. The smallest absolute Gasteiger partial charge is 0.241 e. The third-order valence-electron chi connectivity index (χ3n) is 5.42. The summed E-state index contributed by atoms with van der Waals surface area (Å²) in [5.41, 5.74) is 2.04. The molecule has 0 aromatic heterocycles. The fraction of sp³-hybridized carbons (Fsp3) is 0.231. The van der Waals surface area contributed by atoms with E-state index in [-0.39, 0.29) is 4.90 Å². The molecule has 0 heterocycles. The van der Waals surface area contributed by atoms with Crippen molar-refractivity contribution < 1.29 is 22.6 Å². The summed E-state index contributed by atoms with van der Waals surface area (Å²) in [5, 5.41) is 0. The Balaban J connectivity index is 1.48. The lowest BCUT2D eigenvalue weighted by Gasteiger charge is -2.26. The lowest BCUT2D eigenvalue weighted by molar-refractivity contribution is -0.0634. The van der Waals surface area contributed by atoms with E-state index in [1.54, 1.807) is 18.2 Å². The topological polar surface area (TPSA) is 73.9 Å². The summed E-state index contributed by atoms with van der Waals surface area (Å²) in [6.07, 6.45) is 2.76. The summed E-state index contributed by atoms with van der Waals surface area (Å²) in [4.78, 5) is 0.159. The third kappa shape index (κ3) is 6.09. The van der Waals surface area contributed by atoms with E-state index in [0.717, 1.165) is 11.1 Å². The Bertz CT molecular complexity index is 1150. The Hall–Kier alpha value is -2.97. The molecule has 4 rings (SSSR count). The van der Waals surface area contributed by atoms with Crippen LogP contribution in [0.3, 0.4) is 0 Å². The van der Waals surface area contributed by atoms with Crippen LogP contribution in [-0.4, -0.2) is 33.8 Å². The van der Waals surface area contributed by atoms with Gasteiger partial charge in [-0.25, -0.2) is 13.1 Å². The minimum absolute atomic E-state index is 0.159. The zero-order valence-corrected chi connectivity index (χ0v) is 19.1. The molecule has 0 saturated carbocycles. The Labute approximate surface area is 194 Å². The van der Waals surface area contributed by atoms with E-state index in [4.69, 9.17) is 14.2 Å². The monoisotopic (exact) mass is 465 g/mol. The molecule has 0 unspecified atom stereocenters. The first kappa shape index (κ1) is 23.2. The number of ether oxygens (including phenoxy) is 3. The highest BCUT2D eigenvalue weighted by Gasteiger charge is 2.36. The van der Waals surface area contributed by atoms with Gasteiger partial charge in [-0.3, -0.25) is 0 Å². The first-order valence-corrected chi connectivity index (χ1v) is 12.2. The number of hydrogen-bond acceptors (Lipinski definition) is 5. The Kier molecular flexibility index (Phi) is 7.57. The van der Waals surface area contributed by atoms with Crippen molar-refractivity contribution >= 4 is 10.0 Å². The highest BCUT2D eigenvalue weighted by molar-refractivity contribution is 7.89. The van der Waals surface area contributed by atoms with E-state index in [0.29, 0.717) is 19.0 Å². The minimum Gasteiger partial charge on any atom is -0.497 e. The number of benzene rings is 3. The summed E-state index contributed by atoms with van der Waals surface area (Å²) in [5.74, 6) is 0.591. The van der Waals surface area contributed by atoms with E-state index in [2.05, 4.69) is 4.72 Å². The van der Waals surface area contributed by atoms with Gasteiger partial charge < -0.3 is 14.2 Å². The third-order valence-corrected chi connectivity index (χ3v) is 6.89. The maximum absolute atomic E-state index is 13.0. The molecule has 0 aliphatic heterocycles. The summed E-state index contributed by atoms with van der Waals surface area (Å²) < 4.78 is 46.2. The summed E-state index contributed by atoms with van der Waals surface area (Å²) in [6, 6.07) is 25.3. The van der Waals surface area contributed by atoms with Crippen LogP contribution in [0.5, 0.6) is 5.75 Å². The standard InChI is InChI=1S/C26H27NO5S/c1-30-22-12-14-23(15-13-22)33(28,29)27-24-16-17-25(31-18-20-8-4-2-5-9-20)26(24)32-19-21-10-6-3-7-11-21/h2-17,24-27H,18-19H2,1H3/t24-,25-,26+/m1/s1. The first-order chi connectivity index (χ1) is 16.0. The molecule has 0 bridgehead atoms. The van der Waals surface area contributed by atoms with Crippen LogP contribution >= 0.6 is 0 Å². The summed E-state index contributed by atoms with van der Waals surface area (Å²) in [6.45, 7) is 0.748. The van der Waals surface area contributed by atoms with Gasteiger partial charge in [-0.2, -0.15) is 0 Å². The molecule has 6 nitrogen and oxygen atoms in total. The molecule has 3 aromatic carbocycles. The van der Waals surface area contributed by atoms with Crippen LogP contribution in [0.25, 0.3) is 0 Å². The van der Waals surface area contributed by atoms with Gasteiger partial charge in [-0.1, -0.05) is 72.8 Å². The highest BCUT2D eigenvalue weighted by Crippen LogP contribution is 2.24. The molecule has 33 heavy (non-hydrogen) atoms. The van der Waals surface area contributed by atoms with Crippen LogP contribution in [-0.2, 0) is 32.7 Å². The first-order valence-electron chi connectivity index (χ1n) is 10.7. The van der Waals surface area contributed by atoms with Crippen molar-refractivity contribution in [2.24, 2.45) is 0 Å². The van der Waals surface area contributed by atoms with Crippen LogP contribution in [0.1, 0.15) is 11.1 Å². The van der Waals surface area contributed by atoms with Gasteiger partial charge in [-0.15, -0.1) is 0 Å². The van der Waals surface area contributed by atoms with Crippen LogP contribution < -0.4 is 9.46 Å². The molecule has 0 amide bonds. The van der Waals surface area contributed by atoms with Crippen LogP contribution in [0.2, 0.25) is 0 Å². The minimum atomic E-state index is -3.77. The van der Waals surface area contributed by atoms with Gasteiger partial charge in [0.05, 0.1) is 31.3 Å². The van der Waals surface area contributed by atoms with Crippen molar-refractivity contribution in [2.75, 3.05) is 7.11 Å². The van der Waals surface area contributed by atoms with E-state index < -0.39 is 28.3 Å². The maximum Gasteiger partial charge on any atom is 0.241 e. The number of rotatable bonds is 10. The van der Waals surface area contributed by atoms with Gasteiger partial charge >= 0.3 is 0 Å². The second-order valence-electron chi connectivity index (χ2n) is 7.73. The largest absolute Gasteiger partial charge is 0.497 e. The molecule has 3 aromatic rings. The molecular formula is C26H27NO5S. The van der Waals surface area contributed by atoms with Gasteiger partial charge in [0.2, 0.25) is 10.0 Å². The highest BCUT2D eigenvalue weighted by atomic mass is 32.2. The number of nitrogens with one attached hydrogen (secondary N) is 1. The normalized spacial score (nSPS) is 20.1. The Morgan fingerprint density at radius 2 is 1.33 bits per heavy atom. The Morgan fingerprint density at radius 3 is 1.91 bits per heavy atom. The zero-order valence-electron chi connectivity index (χ0n) is 18.3. The van der Waals surface area contributed by atoms with E-state index >= 15 is 0 Å². The van der Waals surface area contributed by atoms with Crippen molar-refractivity contribution in [1.29, 1.82) is 0 Å². The predicted molar refractivity (Wildman–Crippen MR) is 126 cm³/mol. The van der Waals surface area contributed by atoms with Crippen LogP contribution in [0.4, 0.5) is 0 Å². The van der Waals surface area contributed by atoms with E-state index in [1.807, 2.05) is 66.7 Å². The fourth-order valence-electron chi connectivity index (χ4n) is 3.64. The van der Waals surface area contributed by atoms with Crippen molar-refractivity contribution in [2.45, 2.75) is 36.4 Å². The quantitative estimate of drug-likeness (QED) is 0.457. The number of sulfonamides is 1. The van der Waals surface area contributed by atoms with Gasteiger partial charge in [0.15, 0.2) is 0 Å². The lowest BCUT2D eigenvalue weighted by atomic mass is 10.1.